The van der Waals surface area contributed by atoms with Crippen LogP contribution in [0.4, 0.5) is 11.9 Å². The van der Waals surface area contributed by atoms with E-state index >= 15 is 0 Å². The first-order chi connectivity index (χ1) is 10.8. The maximum absolute atomic E-state index is 8.88. The smallest absolute Gasteiger partial charge is 0.268 e. The molecular formula is C10H13N11O. The molecule has 0 saturated heterocycles. The summed E-state index contributed by atoms with van der Waals surface area (Å²) in [7, 11) is 0. The predicted molar refractivity (Wildman–Crippen MR) is 71.8 cm³/mol. The highest BCUT2D eigenvalue weighted by atomic mass is 16.3. The molecule has 4 N–H and O–H groups in total. The zero-order chi connectivity index (χ0) is 15.4. The van der Waals surface area contributed by atoms with Gasteiger partial charge in [0.25, 0.3) is 5.95 Å². The molecule has 0 saturated carbocycles. The number of nitrogens with zero attached hydrogens (tertiary/aromatic N) is 8. The van der Waals surface area contributed by atoms with E-state index in [1.807, 2.05) is 6.92 Å². The van der Waals surface area contributed by atoms with E-state index in [-0.39, 0.29) is 18.5 Å². The van der Waals surface area contributed by atoms with Crippen molar-refractivity contribution in [2.24, 2.45) is 0 Å². The number of aromatic nitrogens is 10. The number of aliphatic hydroxyl groups is 1. The summed E-state index contributed by atoms with van der Waals surface area (Å²) in [4.78, 5) is 8.20. The van der Waals surface area contributed by atoms with Crippen LogP contribution in [-0.2, 0) is 19.4 Å². The van der Waals surface area contributed by atoms with Crippen molar-refractivity contribution in [3.63, 3.8) is 0 Å². The van der Waals surface area contributed by atoms with Crippen LogP contribution in [0, 0.1) is 0 Å². The molecule has 3 aromatic heterocycles. The van der Waals surface area contributed by atoms with Crippen LogP contribution in [0.3, 0.4) is 0 Å². The van der Waals surface area contributed by atoms with Gasteiger partial charge in [-0.1, -0.05) is 6.92 Å². The molecule has 3 aromatic rings. The molecule has 0 aromatic carbocycles. The first-order valence-electron chi connectivity index (χ1n) is 6.52. The molecule has 3 rings (SSSR count). The lowest BCUT2D eigenvalue weighted by molar-refractivity contribution is 0.272. The Morgan fingerprint density at radius 2 is 1.68 bits per heavy atom. The Labute approximate surface area is 123 Å². The lowest BCUT2D eigenvalue weighted by Crippen LogP contribution is -2.07. The van der Waals surface area contributed by atoms with E-state index in [1.165, 1.54) is 0 Å². The van der Waals surface area contributed by atoms with Gasteiger partial charge in [-0.2, -0.15) is 10.1 Å². The van der Waals surface area contributed by atoms with Gasteiger partial charge in [0, 0.05) is 6.42 Å². The number of anilines is 2. The van der Waals surface area contributed by atoms with Crippen molar-refractivity contribution in [3.05, 3.63) is 23.3 Å². The van der Waals surface area contributed by atoms with E-state index < -0.39 is 0 Å². The number of aromatic amines is 2. The minimum atomic E-state index is -0.234. The topological polar surface area (TPSA) is 167 Å². The molecule has 0 bridgehead atoms. The van der Waals surface area contributed by atoms with Crippen LogP contribution < -0.4 is 5.32 Å². The Kier molecular flexibility index (Phi) is 3.91. The van der Waals surface area contributed by atoms with Crippen LogP contribution in [0.1, 0.15) is 30.2 Å². The van der Waals surface area contributed by atoms with Crippen molar-refractivity contribution in [1.29, 1.82) is 0 Å². The van der Waals surface area contributed by atoms with E-state index in [1.54, 1.807) is 0 Å². The fourth-order valence-corrected chi connectivity index (χ4v) is 1.61. The molecule has 114 valence electrons. The van der Waals surface area contributed by atoms with Gasteiger partial charge in [-0.05, 0) is 0 Å². The third kappa shape index (κ3) is 3.17. The van der Waals surface area contributed by atoms with Gasteiger partial charge in [0.1, 0.15) is 18.3 Å². The molecule has 0 aliphatic rings. The van der Waals surface area contributed by atoms with Crippen LogP contribution in [0.15, 0.2) is 0 Å². The second-order valence-corrected chi connectivity index (χ2v) is 4.26. The van der Waals surface area contributed by atoms with Crippen LogP contribution in [-0.4, -0.2) is 55.9 Å². The molecule has 22 heavy (non-hydrogen) atoms. The van der Waals surface area contributed by atoms with Gasteiger partial charge in [0.15, 0.2) is 11.6 Å². The SMILES string of the molecule is CCc1n[nH]c(Cc2nnc(Nc3n[nH]c(CO)n3)nn2)n1. The lowest BCUT2D eigenvalue weighted by atomic mass is 10.4. The molecular weight excluding hydrogens is 290 g/mol. The number of aliphatic hydroxyl groups excluding tert-OH is 1. The number of hydrogen-bond donors (Lipinski definition) is 4. The summed E-state index contributed by atoms with van der Waals surface area (Å²) in [6.07, 6.45) is 1.12. The maximum atomic E-state index is 8.88. The van der Waals surface area contributed by atoms with Gasteiger partial charge >= 0.3 is 0 Å². The average molecular weight is 303 g/mol. The van der Waals surface area contributed by atoms with Crippen molar-refractivity contribution in [1.82, 2.24) is 50.8 Å². The highest BCUT2D eigenvalue weighted by Gasteiger charge is 2.08. The average Bonchev–Trinajstić information content (AvgIpc) is 3.18. The number of rotatable bonds is 6. The third-order valence-electron chi connectivity index (χ3n) is 2.65. The summed E-state index contributed by atoms with van der Waals surface area (Å²) >= 11 is 0. The molecule has 0 aliphatic heterocycles. The van der Waals surface area contributed by atoms with E-state index in [0.29, 0.717) is 23.9 Å². The Morgan fingerprint density at radius 3 is 2.32 bits per heavy atom. The monoisotopic (exact) mass is 303 g/mol. The molecule has 0 unspecified atom stereocenters. The van der Waals surface area contributed by atoms with E-state index in [0.717, 1.165) is 12.2 Å². The molecule has 0 amide bonds. The number of H-pyrrole nitrogens is 2. The summed E-state index contributed by atoms with van der Waals surface area (Å²) in [5.74, 6) is 2.51. The zero-order valence-corrected chi connectivity index (χ0v) is 11.6. The van der Waals surface area contributed by atoms with Gasteiger partial charge in [-0.15, -0.1) is 25.5 Å². The summed E-state index contributed by atoms with van der Waals surface area (Å²) in [5, 5.41) is 40.4. The second-order valence-electron chi connectivity index (χ2n) is 4.26. The Balaban J connectivity index is 1.64. The number of hydrogen-bond acceptors (Lipinski definition) is 10. The van der Waals surface area contributed by atoms with E-state index in [4.69, 9.17) is 5.11 Å². The van der Waals surface area contributed by atoms with Gasteiger partial charge in [0.05, 0.1) is 6.42 Å². The number of nitrogens with one attached hydrogen (secondary N) is 3. The molecule has 0 fully saturated rings. The van der Waals surface area contributed by atoms with Gasteiger partial charge in [0.2, 0.25) is 5.95 Å². The highest BCUT2D eigenvalue weighted by Crippen LogP contribution is 2.05. The maximum Gasteiger partial charge on any atom is 0.268 e. The fourth-order valence-electron chi connectivity index (χ4n) is 1.61. The van der Waals surface area contributed by atoms with Crippen molar-refractivity contribution in [2.45, 2.75) is 26.4 Å². The van der Waals surface area contributed by atoms with Gasteiger partial charge in [-0.3, -0.25) is 15.5 Å². The minimum Gasteiger partial charge on any atom is -0.388 e. The third-order valence-corrected chi connectivity index (χ3v) is 2.65. The van der Waals surface area contributed by atoms with Crippen molar-refractivity contribution < 1.29 is 5.11 Å². The summed E-state index contributed by atoms with van der Waals surface area (Å²) in [6.45, 7) is 1.74. The van der Waals surface area contributed by atoms with Crippen molar-refractivity contribution in [2.75, 3.05) is 5.32 Å². The quantitative estimate of drug-likeness (QED) is 0.438. The Hall–Kier alpha value is -3.02. The first-order valence-corrected chi connectivity index (χ1v) is 6.52. The second kappa shape index (κ2) is 6.17. The molecule has 0 radical (unpaired) electrons. The molecule has 0 atom stereocenters. The zero-order valence-electron chi connectivity index (χ0n) is 11.6. The van der Waals surface area contributed by atoms with Crippen molar-refractivity contribution >= 4 is 11.9 Å². The fraction of sp³-hybridized carbons (Fsp3) is 0.400. The van der Waals surface area contributed by atoms with Crippen LogP contribution in [0.2, 0.25) is 0 Å². The normalized spacial score (nSPS) is 10.8. The Bertz CT molecular complexity index is 670. The Morgan fingerprint density at radius 1 is 0.909 bits per heavy atom. The summed E-state index contributed by atoms with van der Waals surface area (Å²) in [5.41, 5.74) is 0. The van der Waals surface area contributed by atoms with Gasteiger partial charge in [-0.25, -0.2) is 4.98 Å². The lowest BCUT2D eigenvalue weighted by Gasteiger charge is -1.98. The predicted octanol–water partition coefficient (Wildman–Crippen LogP) is -1.11. The van der Waals surface area contributed by atoms with Crippen LogP contribution >= 0.6 is 0 Å². The van der Waals surface area contributed by atoms with Gasteiger partial charge < -0.3 is 5.11 Å². The summed E-state index contributed by atoms with van der Waals surface area (Å²) < 4.78 is 0. The summed E-state index contributed by atoms with van der Waals surface area (Å²) in [6, 6.07) is 0. The highest BCUT2D eigenvalue weighted by molar-refractivity contribution is 5.39. The van der Waals surface area contributed by atoms with E-state index in [9.17, 15) is 0 Å². The largest absolute Gasteiger partial charge is 0.388 e. The molecule has 12 nitrogen and oxygen atoms in total. The van der Waals surface area contributed by atoms with Crippen molar-refractivity contribution in [3.8, 4) is 0 Å². The minimum absolute atomic E-state index is 0.152. The molecule has 3 heterocycles. The van der Waals surface area contributed by atoms with Crippen LogP contribution in [0.5, 0.6) is 0 Å². The number of aryl methyl sites for hydroxylation is 1. The molecule has 0 spiro atoms. The van der Waals surface area contributed by atoms with Crippen LogP contribution in [0.25, 0.3) is 0 Å². The standard InChI is InChI=1S/C10H13N11O/c1-2-5-11-6(15-14-5)3-7-16-20-10(21-17-7)13-9-12-8(4-22)18-19-9/h22H,2-4H2,1H3,(H,11,14,15)(H2,12,13,18,19,20,21). The molecule has 0 aliphatic carbocycles. The van der Waals surface area contributed by atoms with E-state index in [2.05, 4.69) is 56.1 Å². The first kappa shape index (κ1) is 13.9. The molecule has 12 heteroatoms.